The van der Waals surface area contributed by atoms with Gasteiger partial charge in [-0.2, -0.15) is 0 Å². The van der Waals surface area contributed by atoms with Gasteiger partial charge in [0.15, 0.2) is 5.58 Å². The minimum Gasteiger partial charge on any atom is -0.506 e. The average molecular weight is 744 g/mol. The molecule has 4 aromatic carbocycles. The Hall–Kier alpha value is -5.69. The summed E-state index contributed by atoms with van der Waals surface area (Å²) in [6.45, 7) is 4.11. The third-order valence-electron chi connectivity index (χ3n) is 11.0. The highest BCUT2D eigenvalue weighted by Crippen LogP contribution is 2.33. The van der Waals surface area contributed by atoms with Gasteiger partial charge in [-0.25, -0.2) is 9.59 Å². The van der Waals surface area contributed by atoms with Gasteiger partial charge in [-0.15, -0.1) is 0 Å². The number of hydrogen-bond acceptors (Lipinski definition) is 9. The maximum absolute atomic E-state index is 13.2. The summed E-state index contributed by atoms with van der Waals surface area (Å²) in [6, 6.07) is 27.9. The van der Waals surface area contributed by atoms with Crippen LogP contribution in [0.1, 0.15) is 48.5 Å². The van der Waals surface area contributed by atoms with Crippen molar-refractivity contribution in [1.82, 2.24) is 19.8 Å². The molecule has 0 unspecified atom stereocenters. The van der Waals surface area contributed by atoms with E-state index in [1.165, 1.54) is 12.1 Å². The second-order valence-electron chi connectivity index (χ2n) is 14.7. The second-order valence-corrected chi connectivity index (χ2v) is 14.7. The first-order valence-corrected chi connectivity index (χ1v) is 19.0. The second kappa shape index (κ2) is 16.0. The van der Waals surface area contributed by atoms with Crippen LogP contribution in [0, 0.1) is 5.92 Å². The van der Waals surface area contributed by atoms with Crippen molar-refractivity contribution in [3.8, 4) is 16.9 Å². The number of nitrogens with zero attached hydrogens (tertiary/aromatic N) is 2. The number of carbonyl (C=O) groups excluding carboxylic acids is 1. The van der Waals surface area contributed by atoms with Crippen LogP contribution in [0.5, 0.6) is 5.75 Å². The lowest BCUT2D eigenvalue weighted by atomic mass is 9.86. The molecule has 1 amide bonds. The fourth-order valence-electron chi connectivity index (χ4n) is 8.09. The van der Waals surface area contributed by atoms with Crippen LogP contribution in [-0.2, 0) is 24.2 Å². The molecule has 5 N–H and O–H groups in total. The number of H-pyrrole nitrogens is 1. The normalized spacial score (nSPS) is 18.5. The van der Waals surface area contributed by atoms with Gasteiger partial charge in [-0.3, -0.25) is 19.6 Å². The maximum atomic E-state index is 13.2. The smallest absolute Gasteiger partial charge is 0.419 e. The zero-order valence-electron chi connectivity index (χ0n) is 30.5. The SMILES string of the molecule is O=C(Nc1cc(CCCCn2c(=O)oc3cc(CNC[C@H](O)c4ccc(O)c5[nH]c(=O)ccc45)ccc32)ccc1-c1ccccc1)O[C@H]1CN2CCC1CC2. The highest BCUT2D eigenvalue weighted by atomic mass is 16.6. The van der Waals surface area contributed by atoms with E-state index in [1.807, 2.05) is 60.7 Å². The van der Waals surface area contributed by atoms with E-state index in [4.69, 9.17) is 9.15 Å². The molecule has 0 radical (unpaired) electrons. The molecule has 6 aromatic rings. The number of rotatable bonds is 13. The molecule has 5 heterocycles. The van der Waals surface area contributed by atoms with Gasteiger partial charge in [0.2, 0.25) is 5.56 Å². The number of anilines is 1. The molecule has 3 saturated heterocycles. The lowest BCUT2D eigenvalue weighted by Crippen LogP contribution is -2.52. The number of aromatic nitrogens is 2. The van der Waals surface area contributed by atoms with Crippen LogP contribution in [0.2, 0.25) is 0 Å². The van der Waals surface area contributed by atoms with Gasteiger partial charge >= 0.3 is 11.8 Å². The third kappa shape index (κ3) is 8.07. The molecular weight excluding hydrogens is 699 g/mol. The molecule has 12 heteroatoms. The Labute approximate surface area is 317 Å². The first-order chi connectivity index (χ1) is 26.8. The average Bonchev–Trinajstić information content (AvgIpc) is 3.51. The fraction of sp³-hybridized carbons (Fsp3) is 0.326. The van der Waals surface area contributed by atoms with Gasteiger partial charge in [-0.05, 0) is 104 Å². The Balaban J connectivity index is 0.870. The molecule has 2 aromatic heterocycles. The number of phenolic OH excluding ortho intramolecular Hbond substituents is 1. The zero-order valence-corrected chi connectivity index (χ0v) is 30.5. The van der Waals surface area contributed by atoms with E-state index >= 15 is 0 Å². The predicted octanol–water partition coefficient (Wildman–Crippen LogP) is 6.30. The topological polar surface area (TPSA) is 162 Å². The summed E-state index contributed by atoms with van der Waals surface area (Å²) in [6.07, 6.45) is 3.10. The number of aliphatic hydroxyl groups excluding tert-OH is 1. The highest BCUT2D eigenvalue weighted by Gasteiger charge is 2.36. The molecule has 2 bridgehead atoms. The summed E-state index contributed by atoms with van der Waals surface area (Å²) in [4.78, 5) is 42.8. The molecule has 0 spiro atoms. The number of carbonyl (C=O) groups is 1. The van der Waals surface area contributed by atoms with Crippen molar-refractivity contribution >= 4 is 33.8 Å². The zero-order chi connectivity index (χ0) is 37.9. The van der Waals surface area contributed by atoms with Crippen molar-refractivity contribution in [2.45, 2.75) is 57.4 Å². The molecule has 0 aliphatic carbocycles. The molecule has 2 atom stereocenters. The first kappa shape index (κ1) is 36.3. The van der Waals surface area contributed by atoms with Crippen LogP contribution in [-0.4, -0.2) is 63.0 Å². The molecule has 3 aliphatic heterocycles. The van der Waals surface area contributed by atoms with Gasteiger partial charge in [0.25, 0.3) is 0 Å². The number of hydrogen-bond donors (Lipinski definition) is 5. The standard InChI is InChI=1S/C43H45N5O7/c49-36-15-12-32(33-13-16-40(51)46-41(33)36)37(50)25-44-24-28-10-14-35-38(23-28)55-43(53)48(35)19-5-4-6-27-9-11-31(29-7-2-1-3-8-29)34(22-27)45-42(52)54-39-26-47-20-17-30(39)18-21-47/h1-3,7-16,22-23,30,37,39,44,49-50H,4-6,17-21,24-26H2,(H,45,52)(H,46,51)/t37-,39-/m0/s1. The quantitative estimate of drug-likeness (QED) is 0.0856. The maximum Gasteiger partial charge on any atom is 0.419 e. The van der Waals surface area contributed by atoms with Crippen LogP contribution in [0.4, 0.5) is 10.5 Å². The number of aromatic amines is 1. The molecule has 3 aliphatic rings. The highest BCUT2D eigenvalue weighted by molar-refractivity contribution is 5.92. The number of phenols is 1. The molecule has 3 fully saturated rings. The van der Waals surface area contributed by atoms with Crippen molar-refractivity contribution < 1.29 is 24.2 Å². The number of nitrogens with one attached hydrogen (secondary N) is 3. The van der Waals surface area contributed by atoms with Crippen LogP contribution in [0.3, 0.4) is 0 Å². The Morgan fingerprint density at radius 1 is 0.945 bits per heavy atom. The number of pyridine rings is 1. The number of oxazole rings is 1. The molecule has 12 nitrogen and oxygen atoms in total. The Kier molecular flexibility index (Phi) is 10.5. The van der Waals surface area contributed by atoms with E-state index in [2.05, 4.69) is 26.6 Å². The van der Waals surface area contributed by atoms with E-state index in [-0.39, 0.29) is 29.5 Å². The number of piperidine rings is 3. The minimum absolute atomic E-state index is 0.0617. The Bertz CT molecular complexity index is 2430. The lowest BCUT2D eigenvalue weighted by molar-refractivity contribution is -0.0289. The van der Waals surface area contributed by atoms with Crippen LogP contribution in [0.25, 0.3) is 33.1 Å². The Morgan fingerprint density at radius 2 is 1.76 bits per heavy atom. The minimum atomic E-state index is -0.891. The van der Waals surface area contributed by atoms with Crippen molar-refractivity contribution in [1.29, 1.82) is 0 Å². The molecule has 55 heavy (non-hydrogen) atoms. The molecule has 0 saturated carbocycles. The number of aliphatic hydroxyl groups is 1. The largest absolute Gasteiger partial charge is 0.506 e. The number of fused-ring (bicyclic) bond motifs is 5. The summed E-state index contributed by atoms with van der Waals surface area (Å²) in [5.41, 5.74) is 6.37. The molecular formula is C43H45N5O7. The summed E-state index contributed by atoms with van der Waals surface area (Å²) >= 11 is 0. The van der Waals surface area contributed by atoms with Gasteiger partial charge in [0.1, 0.15) is 11.9 Å². The molecule has 284 valence electrons. The van der Waals surface area contributed by atoms with Gasteiger partial charge in [0, 0.05) is 43.2 Å². The summed E-state index contributed by atoms with van der Waals surface area (Å²) in [5, 5.41) is 27.9. The van der Waals surface area contributed by atoms with Crippen LogP contribution in [0.15, 0.2) is 105 Å². The molecule has 9 rings (SSSR count). The van der Waals surface area contributed by atoms with E-state index in [0.717, 1.165) is 85.2 Å². The van der Waals surface area contributed by atoms with E-state index in [9.17, 15) is 24.6 Å². The predicted molar refractivity (Wildman–Crippen MR) is 211 cm³/mol. The number of aromatic hydroxyl groups is 1. The number of unbranched alkanes of at least 4 members (excludes halogenated alkanes) is 1. The van der Waals surface area contributed by atoms with Crippen molar-refractivity contribution in [2.75, 3.05) is 31.5 Å². The number of aryl methyl sites for hydroxylation is 2. The van der Waals surface area contributed by atoms with Gasteiger partial charge < -0.3 is 29.7 Å². The van der Waals surface area contributed by atoms with E-state index in [0.29, 0.717) is 35.5 Å². The number of benzene rings is 4. The van der Waals surface area contributed by atoms with E-state index < -0.39 is 18.0 Å². The fourth-order valence-corrected chi connectivity index (χ4v) is 8.09. The van der Waals surface area contributed by atoms with Crippen LogP contribution >= 0.6 is 0 Å². The van der Waals surface area contributed by atoms with Gasteiger partial charge in [-0.1, -0.05) is 54.6 Å². The summed E-state index contributed by atoms with van der Waals surface area (Å²) < 4.78 is 13.2. The lowest BCUT2D eigenvalue weighted by Gasteiger charge is -2.43. The summed E-state index contributed by atoms with van der Waals surface area (Å²) in [7, 11) is 0. The summed E-state index contributed by atoms with van der Waals surface area (Å²) in [5.74, 6) is -0.0443. The Morgan fingerprint density at radius 3 is 2.56 bits per heavy atom. The van der Waals surface area contributed by atoms with Gasteiger partial charge in [0.05, 0.1) is 22.8 Å². The van der Waals surface area contributed by atoms with Crippen LogP contribution < -0.4 is 21.9 Å². The van der Waals surface area contributed by atoms with Crippen molar-refractivity contribution in [3.63, 3.8) is 0 Å². The number of amides is 1. The van der Waals surface area contributed by atoms with E-state index in [1.54, 1.807) is 16.7 Å². The third-order valence-corrected chi connectivity index (χ3v) is 11.0. The number of ether oxygens (including phenoxy) is 1. The van der Waals surface area contributed by atoms with Crippen molar-refractivity contribution in [2.24, 2.45) is 5.92 Å². The first-order valence-electron chi connectivity index (χ1n) is 19.0. The monoisotopic (exact) mass is 743 g/mol. The van der Waals surface area contributed by atoms with Crippen molar-refractivity contribution in [3.05, 3.63) is 129 Å².